The lowest BCUT2D eigenvalue weighted by molar-refractivity contribution is -0.121. The molecule has 0 unspecified atom stereocenters. The zero-order chi connectivity index (χ0) is 23.4. The summed E-state index contributed by atoms with van der Waals surface area (Å²) in [7, 11) is 0. The minimum atomic E-state index is -0.783. The van der Waals surface area contributed by atoms with E-state index < -0.39 is 23.4 Å². The number of halogens is 3. The number of hydrogen-bond donors (Lipinski definition) is 2. The van der Waals surface area contributed by atoms with E-state index in [0.29, 0.717) is 4.88 Å². The molecule has 0 fully saturated rings. The zero-order valence-corrected chi connectivity index (χ0v) is 17.7. The summed E-state index contributed by atoms with van der Waals surface area (Å²) in [4.78, 5) is 29.5. The summed E-state index contributed by atoms with van der Waals surface area (Å²) in [6.45, 7) is 0. The first-order chi connectivity index (χ1) is 15.9. The number of nitrogens with one attached hydrogen (secondary N) is 2. The fourth-order valence-electron chi connectivity index (χ4n) is 2.94. The van der Waals surface area contributed by atoms with Crippen molar-refractivity contribution >= 4 is 23.2 Å². The number of benzene rings is 2. The van der Waals surface area contributed by atoms with Crippen molar-refractivity contribution in [2.75, 3.05) is 0 Å². The maximum absolute atomic E-state index is 13.8. The fraction of sp³-hybridized carbons (Fsp3) is 0.0870. The van der Waals surface area contributed by atoms with Crippen molar-refractivity contribution in [2.45, 2.75) is 12.8 Å². The van der Waals surface area contributed by atoms with Gasteiger partial charge >= 0.3 is 0 Å². The van der Waals surface area contributed by atoms with Crippen LogP contribution in [0, 0.1) is 17.5 Å². The quantitative estimate of drug-likeness (QED) is 0.393. The van der Waals surface area contributed by atoms with Crippen molar-refractivity contribution in [1.82, 2.24) is 15.8 Å². The summed E-state index contributed by atoms with van der Waals surface area (Å²) < 4.78 is 45.4. The molecule has 10 heteroatoms. The topological polar surface area (TPSA) is 84.2 Å². The second-order valence-electron chi connectivity index (χ2n) is 6.92. The molecule has 2 amide bonds. The van der Waals surface area contributed by atoms with E-state index in [4.69, 9.17) is 4.42 Å². The Morgan fingerprint density at radius 3 is 2.45 bits per heavy atom. The third-order valence-corrected chi connectivity index (χ3v) is 5.72. The molecule has 33 heavy (non-hydrogen) atoms. The Morgan fingerprint density at radius 2 is 1.70 bits per heavy atom. The molecule has 6 nitrogen and oxygen atoms in total. The number of nitrogens with zero attached hydrogens (tertiary/aromatic N) is 1. The van der Waals surface area contributed by atoms with E-state index in [0.717, 1.165) is 22.6 Å². The van der Waals surface area contributed by atoms with Gasteiger partial charge in [-0.3, -0.25) is 20.4 Å². The Bertz CT molecular complexity index is 1300. The Morgan fingerprint density at radius 1 is 0.939 bits per heavy atom. The number of carbonyl (C=O) groups excluding carboxylic acids is 2. The highest BCUT2D eigenvalue weighted by Crippen LogP contribution is 2.28. The molecule has 0 saturated heterocycles. The summed E-state index contributed by atoms with van der Waals surface area (Å²) in [5.74, 6) is -2.50. The van der Waals surface area contributed by atoms with Crippen LogP contribution in [0.5, 0.6) is 0 Å². The molecule has 168 valence electrons. The minimum absolute atomic E-state index is 0.0442. The van der Waals surface area contributed by atoms with E-state index in [1.807, 2.05) is 0 Å². The van der Waals surface area contributed by atoms with Crippen LogP contribution >= 0.6 is 11.3 Å². The predicted octanol–water partition coefficient (Wildman–Crippen LogP) is 4.88. The lowest BCUT2D eigenvalue weighted by Crippen LogP contribution is -2.41. The summed E-state index contributed by atoms with van der Waals surface area (Å²) in [6, 6.07) is 12.3. The Balaban J connectivity index is 1.27. The Labute approximate surface area is 190 Å². The number of amides is 2. The molecule has 2 heterocycles. The Hall–Kier alpha value is -3.92. The van der Waals surface area contributed by atoms with Crippen molar-refractivity contribution < 1.29 is 27.2 Å². The molecule has 0 saturated carbocycles. The highest BCUT2D eigenvalue weighted by Gasteiger charge is 2.14. The van der Waals surface area contributed by atoms with E-state index >= 15 is 0 Å². The van der Waals surface area contributed by atoms with Crippen LogP contribution in [0.1, 0.15) is 22.0 Å². The molecule has 0 aliphatic heterocycles. The predicted molar refractivity (Wildman–Crippen MR) is 115 cm³/mol. The number of aryl methyl sites for hydroxylation is 1. The van der Waals surface area contributed by atoms with Gasteiger partial charge in [0, 0.05) is 23.8 Å². The number of oxazole rings is 1. The first kappa shape index (κ1) is 22.3. The van der Waals surface area contributed by atoms with Gasteiger partial charge in [-0.05, 0) is 42.0 Å². The minimum Gasteiger partial charge on any atom is -0.441 e. The highest BCUT2D eigenvalue weighted by molar-refractivity contribution is 7.17. The van der Waals surface area contributed by atoms with Crippen molar-refractivity contribution in [3.8, 4) is 21.8 Å². The van der Waals surface area contributed by atoms with Gasteiger partial charge < -0.3 is 4.42 Å². The van der Waals surface area contributed by atoms with Crippen LogP contribution in [-0.4, -0.2) is 16.8 Å². The van der Waals surface area contributed by atoms with Crippen molar-refractivity contribution in [3.63, 3.8) is 0 Å². The van der Waals surface area contributed by atoms with Gasteiger partial charge in [0.2, 0.25) is 5.91 Å². The van der Waals surface area contributed by atoms with Crippen LogP contribution in [0.4, 0.5) is 13.2 Å². The van der Waals surface area contributed by atoms with Crippen LogP contribution in [0.25, 0.3) is 21.8 Å². The van der Waals surface area contributed by atoms with Crippen molar-refractivity contribution in [1.29, 1.82) is 0 Å². The number of hydrogen-bond acceptors (Lipinski definition) is 5. The second kappa shape index (κ2) is 9.70. The maximum Gasteiger partial charge on any atom is 0.279 e. The molecule has 4 aromatic rings. The van der Waals surface area contributed by atoms with Crippen LogP contribution in [-0.2, 0) is 11.2 Å². The second-order valence-corrected chi connectivity index (χ2v) is 8.00. The summed E-state index contributed by atoms with van der Waals surface area (Å²) in [6.07, 6.45) is 1.36. The lowest BCUT2D eigenvalue weighted by atomic mass is 10.2. The molecule has 2 aromatic heterocycles. The smallest absolute Gasteiger partial charge is 0.279 e. The molecule has 2 N–H and O–H groups in total. The number of thiophene rings is 1. The largest absolute Gasteiger partial charge is 0.441 e. The van der Waals surface area contributed by atoms with Crippen LogP contribution in [0.2, 0.25) is 0 Å². The molecule has 0 aliphatic carbocycles. The van der Waals surface area contributed by atoms with Gasteiger partial charge in [0.05, 0.1) is 16.6 Å². The molecule has 0 spiro atoms. The van der Waals surface area contributed by atoms with Gasteiger partial charge in [-0.25, -0.2) is 18.2 Å². The molecule has 0 radical (unpaired) electrons. The molecule has 4 rings (SSSR count). The summed E-state index contributed by atoms with van der Waals surface area (Å²) >= 11 is 1.20. The molecule has 0 aliphatic rings. The summed E-state index contributed by atoms with van der Waals surface area (Å²) in [5.41, 5.74) is 5.47. The number of carbonyl (C=O) groups is 2. The van der Waals surface area contributed by atoms with Crippen LogP contribution < -0.4 is 10.9 Å². The SMILES string of the molecule is O=C(CCc1ncc(-c2ccc(F)cc2F)o1)NNC(=O)c1ccc(-c2ccc(F)cc2)s1. The van der Waals surface area contributed by atoms with Gasteiger partial charge in [0.1, 0.15) is 17.5 Å². The Kier molecular flexibility index (Phi) is 6.55. The van der Waals surface area contributed by atoms with Crippen LogP contribution in [0.3, 0.4) is 0 Å². The highest BCUT2D eigenvalue weighted by atomic mass is 32.1. The maximum atomic E-state index is 13.8. The van der Waals surface area contributed by atoms with E-state index in [9.17, 15) is 22.8 Å². The molecular weight excluding hydrogens is 455 g/mol. The monoisotopic (exact) mass is 471 g/mol. The first-order valence-corrected chi connectivity index (χ1v) is 10.6. The van der Waals surface area contributed by atoms with Gasteiger partial charge in [-0.1, -0.05) is 12.1 Å². The average Bonchev–Trinajstić information content (AvgIpc) is 3.47. The molecule has 0 bridgehead atoms. The fourth-order valence-corrected chi connectivity index (χ4v) is 3.85. The van der Waals surface area contributed by atoms with E-state index in [-0.39, 0.29) is 35.9 Å². The van der Waals surface area contributed by atoms with E-state index in [1.54, 1.807) is 24.3 Å². The van der Waals surface area contributed by atoms with Crippen molar-refractivity contribution in [3.05, 3.63) is 89.0 Å². The van der Waals surface area contributed by atoms with Gasteiger partial charge in [-0.2, -0.15) is 0 Å². The molecule has 2 aromatic carbocycles. The number of aromatic nitrogens is 1. The molecule has 0 atom stereocenters. The third kappa shape index (κ3) is 5.47. The summed E-state index contributed by atoms with van der Waals surface area (Å²) in [5, 5.41) is 0. The van der Waals surface area contributed by atoms with Gasteiger partial charge in [-0.15, -0.1) is 11.3 Å². The van der Waals surface area contributed by atoms with Crippen LogP contribution in [0.15, 0.2) is 65.2 Å². The van der Waals surface area contributed by atoms with Crippen molar-refractivity contribution in [2.24, 2.45) is 0 Å². The standard InChI is InChI=1S/C23H16F3N3O3S/c24-14-3-1-13(2-4-14)19-7-8-20(33-19)23(31)29-28-21(30)9-10-22-27-12-18(32-22)16-6-5-15(25)11-17(16)26/h1-8,11-12H,9-10H2,(H,28,30)(H,29,31). The van der Waals surface area contributed by atoms with E-state index in [1.165, 1.54) is 35.7 Å². The van der Waals surface area contributed by atoms with E-state index in [2.05, 4.69) is 15.8 Å². The average molecular weight is 471 g/mol. The normalized spacial score (nSPS) is 10.8. The van der Waals surface area contributed by atoms with Gasteiger partial charge in [0.25, 0.3) is 5.91 Å². The third-order valence-electron chi connectivity index (χ3n) is 4.59. The lowest BCUT2D eigenvalue weighted by Gasteiger charge is -2.05. The molecular formula is C23H16F3N3O3S. The first-order valence-electron chi connectivity index (χ1n) is 9.74. The van der Waals surface area contributed by atoms with Gasteiger partial charge in [0.15, 0.2) is 11.7 Å². The zero-order valence-electron chi connectivity index (χ0n) is 16.9. The number of rotatable bonds is 6. The number of hydrazine groups is 1.